The Labute approximate surface area is 197 Å². The van der Waals surface area contributed by atoms with Gasteiger partial charge in [0.05, 0.1) is 16.9 Å². The van der Waals surface area contributed by atoms with Gasteiger partial charge in [-0.2, -0.15) is 0 Å². The Morgan fingerprint density at radius 3 is 2.61 bits per heavy atom. The van der Waals surface area contributed by atoms with Crippen LogP contribution in [0.3, 0.4) is 0 Å². The van der Waals surface area contributed by atoms with Crippen molar-refractivity contribution in [3.63, 3.8) is 0 Å². The highest BCUT2D eigenvalue weighted by Crippen LogP contribution is 2.35. The fourth-order valence-corrected chi connectivity index (χ4v) is 6.65. The summed E-state index contributed by atoms with van der Waals surface area (Å²) in [4.78, 5) is 24.7. The molecule has 174 valence electrons. The van der Waals surface area contributed by atoms with Crippen molar-refractivity contribution in [2.24, 2.45) is 0 Å². The normalized spacial score (nSPS) is 20.0. The number of aryl methyl sites for hydroxylation is 1. The fourth-order valence-electron chi connectivity index (χ4n) is 4.79. The lowest BCUT2D eigenvalue weighted by molar-refractivity contribution is 0.0931. The van der Waals surface area contributed by atoms with Crippen LogP contribution in [0.5, 0.6) is 0 Å². The summed E-state index contributed by atoms with van der Waals surface area (Å²) in [7, 11) is -3.11. The minimum Gasteiger partial charge on any atom is -0.356 e. The lowest BCUT2D eigenvalue weighted by Crippen LogP contribution is -2.37. The van der Waals surface area contributed by atoms with E-state index in [1.54, 1.807) is 0 Å². The number of benzene rings is 1. The standard InChI is InChI=1S/C23H26ClN5O3S/c1-14-15(2)29(18-7-5-6-16(24)12-18)22-19(14)21(28-9-3-4-10-28)26-20(27-22)23(30)25-17-8-11-33(31,32)13-17/h5-7,12,17H,3-4,8-11,13H2,1-2H3,(H,25,30). The van der Waals surface area contributed by atoms with Gasteiger partial charge in [0, 0.05) is 35.5 Å². The molecule has 0 spiro atoms. The number of hydrogen-bond acceptors (Lipinski definition) is 6. The van der Waals surface area contributed by atoms with Crippen molar-refractivity contribution < 1.29 is 13.2 Å². The third kappa shape index (κ3) is 4.08. The average molecular weight is 488 g/mol. The van der Waals surface area contributed by atoms with E-state index in [0.29, 0.717) is 17.1 Å². The SMILES string of the molecule is Cc1c(C)n(-c2cccc(Cl)c2)c2nc(C(=O)NC3CCS(=O)(=O)C3)nc(N3CCCC3)c12. The molecule has 2 aliphatic heterocycles. The molecule has 1 aromatic carbocycles. The van der Waals surface area contributed by atoms with Crippen LogP contribution in [-0.2, 0) is 9.84 Å². The van der Waals surface area contributed by atoms with Crippen molar-refractivity contribution in [2.75, 3.05) is 29.5 Å². The number of halogens is 1. The van der Waals surface area contributed by atoms with Crippen molar-refractivity contribution in [1.82, 2.24) is 19.9 Å². The predicted octanol–water partition coefficient (Wildman–Crippen LogP) is 3.21. The first-order valence-electron chi connectivity index (χ1n) is 11.2. The van der Waals surface area contributed by atoms with Crippen LogP contribution in [0.4, 0.5) is 5.82 Å². The lowest BCUT2D eigenvalue weighted by Gasteiger charge is -2.19. The number of amides is 1. The molecule has 4 heterocycles. The Morgan fingerprint density at radius 1 is 1.18 bits per heavy atom. The Hall–Kier alpha value is -2.65. The zero-order chi connectivity index (χ0) is 23.3. The number of fused-ring (bicyclic) bond motifs is 1. The van der Waals surface area contributed by atoms with E-state index in [0.717, 1.165) is 54.1 Å². The van der Waals surface area contributed by atoms with Gasteiger partial charge in [0.1, 0.15) is 5.82 Å². The number of anilines is 1. The van der Waals surface area contributed by atoms with Gasteiger partial charge in [0.2, 0.25) is 5.82 Å². The molecule has 1 N–H and O–H groups in total. The van der Waals surface area contributed by atoms with Crippen LogP contribution in [0.25, 0.3) is 16.7 Å². The summed E-state index contributed by atoms with van der Waals surface area (Å²) in [6.45, 7) is 5.81. The highest BCUT2D eigenvalue weighted by molar-refractivity contribution is 7.91. The molecule has 3 aromatic rings. The summed E-state index contributed by atoms with van der Waals surface area (Å²) in [5, 5.41) is 4.37. The predicted molar refractivity (Wildman–Crippen MR) is 129 cm³/mol. The minimum atomic E-state index is -3.11. The third-order valence-corrected chi connectivity index (χ3v) is 8.58. The summed E-state index contributed by atoms with van der Waals surface area (Å²) >= 11 is 6.27. The van der Waals surface area contributed by atoms with Gasteiger partial charge in [-0.25, -0.2) is 18.4 Å². The molecule has 2 saturated heterocycles. The number of rotatable bonds is 4. The Kier molecular flexibility index (Phi) is 5.56. The zero-order valence-corrected chi connectivity index (χ0v) is 20.2. The molecule has 2 aliphatic rings. The molecular weight excluding hydrogens is 462 g/mol. The highest BCUT2D eigenvalue weighted by atomic mass is 35.5. The first-order valence-corrected chi connectivity index (χ1v) is 13.4. The Balaban J connectivity index is 1.66. The second kappa shape index (κ2) is 8.29. The molecule has 1 atom stereocenters. The van der Waals surface area contributed by atoms with Gasteiger partial charge >= 0.3 is 0 Å². The molecule has 5 rings (SSSR count). The van der Waals surface area contributed by atoms with E-state index in [1.165, 1.54) is 0 Å². The largest absolute Gasteiger partial charge is 0.356 e. The molecule has 0 bridgehead atoms. The molecule has 0 saturated carbocycles. The van der Waals surface area contributed by atoms with Crippen LogP contribution in [0.15, 0.2) is 24.3 Å². The van der Waals surface area contributed by atoms with E-state index >= 15 is 0 Å². The van der Waals surface area contributed by atoms with Crippen molar-refractivity contribution in [1.29, 1.82) is 0 Å². The summed E-state index contributed by atoms with van der Waals surface area (Å²) in [5.41, 5.74) is 3.56. The van der Waals surface area contributed by atoms with E-state index in [4.69, 9.17) is 21.6 Å². The number of carbonyl (C=O) groups is 1. The van der Waals surface area contributed by atoms with E-state index in [1.807, 2.05) is 42.7 Å². The van der Waals surface area contributed by atoms with Crippen LogP contribution < -0.4 is 10.2 Å². The van der Waals surface area contributed by atoms with Gasteiger partial charge in [-0.15, -0.1) is 0 Å². The number of nitrogens with one attached hydrogen (secondary N) is 1. The number of sulfone groups is 1. The van der Waals surface area contributed by atoms with Gasteiger partial charge in [0.15, 0.2) is 15.5 Å². The maximum absolute atomic E-state index is 13.1. The molecule has 33 heavy (non-hydrogen) atoms. The van der Waals surface area contributed by atoms with Crippen LogP contribution >= 0.6 is 11.6 Å². The monoisotopic (exact) mass is 487 g/mol. The summed E-state index contributed by atoms with van der Waals surface area (Å²) in [5.74, 6) is 0.398. The first kappa shape index (κ1) is 22.2. The number of carbonyl (C=O) groups excluding carboxylic acids is 1. The lowest BCUT2D eigenvalue weighted by atomic mass is 10.2. The van der Waals surface area contributed by atoms with Crippen molar-refractivity contribution in [3.8, 4) is 5.69 Å². The second-order valence-electron chi connectivity index (χ2n) is 8.86. The van der Waals surface area contributed by atoms with Gasteiger partial charge in [0.25, 0.3) is 5.91 Å². The number of aromatic nitrogens is 3. The first-order chi connectivity index (χ1) is 15.7. The molecule has 8 nitrogen and oxygen atoms in total. The van der Waals surface area contributed by atoms with Gasteiger partial charge < -0.3 is 10.2 Å². The van der Waals surface area contributed by atoms with Gasteiger partial charge in [-0.1, -0.05) is 17.7 Å². The van der Waals surface area contributed by atoms with Crippen LogP contribution in [0.2, 0.25) is 5.02 Å². The van der Waals surface area contributed by atoms with Gasteiger partial charge in [-0.3, -0.25) is 9.36 Å². The quantitative estimate of drug-likeness (QED) is 0.607. The van der Waals surface area contributed by atoms with Crippen LogP contribution in [0, 0.1) is 13.8 Å². The van der Waals surface area contributed by atoms with Crippen LogP contribution in [0.1, 0.15) is 41.1 Å². The molecule has 2 aromatic heterocycles. The summed E-state index contributed by atoms with van der Waals surface area (Å²) in [6, 6.07) is 7.11. The fraction of sp³-hybridized carbons (Fsp3) is 0.435. The molecule has 2 fully saturated rings. The second-order valence-corrected chi connectivity index (χ2v) is 11.5. The number of hydrogen-bond donors (Lipinski definition) is 1. The van der Waals surface area contributed by atoms with Crippen molar-refractivity contribution in [2.45, 2.75) is 39.2 Å². The van der Waals surface area contributed by atoms with Crippen molar-refractivity contribution in [3.05, 3.63) is 46.4 Å². The molecule has 10 heteroatoms. The molecular formula is C23H26ClN5O3S. The van der Waals surface area contributed by atoms with Gasteiger partial charge in [-0.05, 0) is 56.9 Å². The Bertz CT molecular complexity index is 1360. The molecule has 1 amide bonds. The van der Waals surface area contributed by atoms with E-state index in [9.17, 15) is 13.2 Å². The smallest absolute Gasteiger partial charge is 0.289 e. The van der Waals surface area contributed by atoms with E-state index in [2.05, 4.69) is 10.2 Å². The average Bonchev–Trinajstić information content (AvgIpc) is 3.47. The topological polar surface area (TPSA) is 97.2 Å². The third-order valence-electron chi connectivity index (χ3n) is 6.58. The molecule has 0 radical (unpaired) electrons. The number of nitrogens with zero attached hydrogens (tertiary/aromatic N) is 4. The maximum Gasteiger partial charge on any atom is 0.289 e. The summed E-state index contributed by atoms with van der Waals surface area (Å²) < 4.78 is 25.7. The van der Waals surface area contributed by atoms with E-state index in [-0.39, 0.29) is 17.3 Å². The van der Waals surface area contributed by atoms with Crippen LogP contribution in [-0.4, -0.2) is 59.5 Å². The summed E-state index contributed by atoms with van der Waals surface area (Å²) in [6.07, 6.45) is 2.55. The van der Waals surface area contributed by atoms with E-state index < -0.39 is 21.8 Å². The zero-order valence-electron chi connectivity index (χ0n) is 18.6. The van der Waals surface area contributed by atoms with Crippen molar-refractivity contribution >= 4 is 44.2 Å². The highest BCUT2D eigenvalue weighted by Gasteiger charge is 2.31. The molecule has 1 unspecified atom stereocenters. The Morgan fingerprint density at radius 2 is 1.94 bits per heavy atom. The maximum atomic E-state index is 13.1. The minimum absolute atomic E-state index is 0.0446. The molecule has 0 aliphatic carbocycles.